The molecule has 1 N–H and O–H groups in total. The first-order valence-electron chi connectivity index (χ1n) is 7.89. The Labute approximate surface area is 143 Å². The normalized spacial score (nSPS) is 17.5. The summed E-state index contributed by atoms with van der Waals surface area (Å²) in [6, 6.07) is 5.83. The van der Waals surface area contributed by atoms with Gasteiger partial charge in [-0.15, -0.1) is 0 Å². The summed E-state index contributed by atoms with van der Waals surface area (Å²) in [4.78, 5) is 25.2. The molecule has 1 atom stereocenters. The van der Waals surface area contributed by atoms with Gasteiger partial charge in [-0.3, -0.25) is 9.59 Å². The maximum absolute atomic E-state index is 13.1. The molecule has 7 nitrogen and oxygen atoms in total. The van der Waals surface area contributed by atoms with Crippen molar-refractivity contribution in [3.63, 3.8) is 0 Å². The quantitative estimate of drug-likeness (QED) is 0.909. The zero-order chi connectivity index (χ0) is 18.0. The molecule has 132 valence electrons. The van der Waals surface area contributed by atoms with Crippen molar-refractivity contribution in [1.29, 1.82) is 0 Å². The van der Waals surface area contributed by atoms with Gasteiger partial charge >= 0.3 is 5.97 Å². The van der Waals surface area contributed by atoms with E-state index >= 15 is 0 Å². The lowest BCUT2D eigenvalue weighted by atomic mass is 10.1. The van der Waals surface area contributed by atoms with Crippen LogP contribution in [0.1, 0.15) is 22.5 Å². The Balaban J connectivity index is 1.79. The van der Waals surface area contributed by atoms with Crippen LogP contribution < -0.4 is 0 Å². The Morgan fingerprint density at radius 2 is 2.08 bits per heavy atom. The molecular weight excluding hydrogens is 329 g/mol. The predicted molar refractivity (Wildman–Crippen MR) is 86.2 cm³/mol. The van der Waals surface area contributed by atoms with Gasteiger partial charge < -0.3 is 14.7 Å². The molecule has 3 rings (SSSR count). The van der Waals surface area contributed by atoms with E-state index in [1.54, 1.807) is 28.6 Å². The van der Waals surface area contributed by atoms with Gasteiger partial charge in [0.25, 0.3) is 5.91 Å². The van der Waals surface area contributed by atoms with E-state index in [1.807, 2.05) is 0 Å². The lowest BCUT2D eigenvalue weighted by Gasteiger charge is -2.32. The minimum absolute atomic E-state index is 0.141. The molecule has 1 aliphatic rings. The number of amides is 1. The Bertz CT molecular complexity index is 788. The van der Waals surface area contributed by atoms with E-state index in [4.69, 9.17) is 9.84 Å². The van der Waals surface area contributed by atoms with Crippen molar-refractivity contribution in [3.05, 3.63) is 47.5 Å². The molecule has 0 aliphatic carbocycles. The second kappa shape index (κ2) is 7.02. The molecular formula is C17H18FN3O4. The van der Waals surface area contributed by atoms with Crippen molar-refractivity contribution < 1.29 is 23.8 Å². The van der Waals surface area contributed by atoms with Crippen molar-refractivity contribution in [3.8, 4) is 5.69 Å². The van der Waals surface area contributed by atoms with E-state index in [9.17, 15) is 14.0 Å². The van der Waals surface area contributed by atoms with Gasteiger partial charge in [0.2, 0.25) is 0 Å². The lowest BCUT2D eigenvalue weighted by Crippen LogP contribution is -2.46. The van der Waals surface area contributed by atoms with Gasteiger partial charge in [-0.05, 0) is 31.2 Å². The minimum atomic E-state index is -0.959. The van der Waals surface area contributed by atoms with Crippen LogP contribution in [0, 0.1) is 12.7 Å². The van der Waals surface area contributed by atoms with Crippen molar-refractivity contribution in [2.24, 2.45) is 0 Å². The Kier molecular flexibility index (Phi) is 4.80. The molecule has 0 radical (unpaired) electrons. The number of hydrogen-bond donors (Lipinski definition) is 1. The van der Waals surface area contributed by atoms with Crippen LogP contribution in [-0.2, 0) is 9.53 Å². The van der Waals surface area contributed by atoms with Gasteiger partial charge in [0, 0.05) is 13.1 Å². The van der Waals surface area contributed by atoms with Gasteiger partial charge in [0.1, 0.15) is 5.82 Å². The van der Waals surface area contributed by atoms with Crippen LogP contribution in [-0.4, -0.2) is 57.5 Å². The number of ether oxygens (including phenoxy) is 1. The standard InChI is InChI=1S/C17H18FN3O4/c1-11-15(9-19-21(11)13-4-2-12(18)3-5-13)17(24)20-6-7-25-14(10-20)8-16(22)23/h2-5,9,14H,6-8,10H2,1H3,(H,22,23)/t14-/m0/s1. The van der Waals surface area contributed by atoms with E-state index < -0.39 is 12.1 Å². The Morgan fingerprint density at radius 3 is 2.76 bits per heavy atom. The highest BCUT2D eigenvalue weighted by molar-refractivity contribution is 5.95. The van der Waals surface area contributed by atoms with E-state index in [1.165, 1.54) is 18.3 Å². The van der Waals surface area contributed by atoms with Crippen LogP contribution in [0.3, 0.4) is 0 Å². The highest BCUT2D eigenvalue weighted by atomic mass is 19.1. The van der Waals surface area contributed by atoms with E-state index in [2.05, 4.69) is 5.10 Å². The third kappa shape index (κ3) is 3.69. The summed E-state index contributed by atoms with van der Waals surface area (Å²) in [5.41, 5.74) is 1.72. The van der Waals surface area contributed by atoms with Gasteiger partial charge in [0.05, 0.1) is 42.3 Å². The number of carboxylic acids is 1. The zero-order valence-electron chi connectivity index (χ0n) is 13.7. The molecule has 2 heterocycles. The highest BCUT2D eigenvalue weighted by Gasteiger charge is 2.28. The number of hydrogen-bond acceptors (Lipinski definition) is 4. The molecule has 1 aromatic heterocycles. The van der Waals surface area contributed by atoms with Gasteiger partial charge in [-0.1, -0.05) is 0 Å². The number of benzene rings is 1. The van der Waals surface area contributed by atoms with Crippen molar-refractivity contribution in [2.45, 2.75) is 19.4 Å². The second-order valence-corrected chi connectivity index (χ2v) is 5.87. The number of morpholine rings is 1. The Morgan fingerprint density at radius 1 is 1.36 bits per heavy atom. The number of halogens is 1. The number of carbonyl (C=O) groups excluding carboxylic acids is 1. The van der Waals surface area contributed by atoms with Crippen LogP contribution in [0.5, 0.6) is 0 Å². The molecule has 0 unspecified atom stereocenters. The first-order valence-corrected chi connectivity index (χ1v) is 7.89. The zero-order valence-corrected chi connectivity index (χ0v) is 13.7. The fraction of sp³-hybridized carbons (Fsp3) is 0.353. The van der Waals surface area contributed by atoms with Crippen LogP contribution >= 0.6 is 0 Å². The van der Waals surface area contributed by atoms with Crippen LogP contribution in [0.25, 0.3) is 5.69 Å². The largest absolute Gasteiger partial charge is 0.481 e. The summed E-state index contributed by atoms with van der Waals surface area (Å²) >= 11 is 0. The van der Waals surface area contributed by atoms with Gasteiger partial charge in [0.15, 0.2) is 0 Å². The average Bonchev–Trinajstić information content (AvgIpc) is 2.96. The fourth-order valence-corrected chi connectivity index (χ4v) is 2.85. The molecule has 1 aliphatic heterocycles. The fourth-order valence-electron chi connectivity index (χ4n) is 2.85. The summed E-state index contributed by atoms with van der Waals surface area (Å²) in [6.07, 6.45) is 0.822. The molecule has 1 fully saturated rings. The minimum Gasteiger partial charge on any atom is -0.481 e. The molecule has 25 heavy (non-hydrogen) atoms. The van der Waals surface area contributed by atoms with E-state index in [-0.39, 0.29) is 24.7 Å². The maximum Gasteiger partial charge on any atom is 0.306 e. The summed E-state index contributed by atoms with van der Waals surface area (Å²) in [5, 5.41) is 13.1. The smallest absolute Gasteiger partial charge is 0.306 e. The first-order chi connectivity index (χ1) is 12.0. The average molecular weight is 347 g/mol. The highest BCUT2D eigenvalue weighted by Crippen LogP contribution is 2.18. The molecule has 1 saturated heterocycles. The number of rotatable bonds is 4. The van der Waals surface area contributed by atoms with Crippen LogP contribution in [0.2, 0.25) is 0 Å². The second-order valence-electron chi connectivity index (χ2n) is 5.87. The molecule has 0 bridgehead atoms. The van der Waals surface area contributed by atoms with Crippen LogP contribution in [0.15, 0.2) is 30.5 Å². The van der Waals surface area contributed by atoms with Gasteiger partial charge in [-0.2, -0.15) is 5.10 Å². The van der Waals surface area contributed by atoms with E-state index in [0.717, 1.165) is 0 Å². The topological polar surface area (TPSA) is 84.7 Å². The number of carboxylic acid groups (broad SMARTS) is 1. The third-order valence-corrected chi connectivity index (χ3v) is 4.14. The summed E-state index contributed by atoms with van der Waals surface area (Å²) < 4.78 is 20.0. The van der Waals surface area contributed by atoms with E-state index in [0.29, 0.717) is 30.1 Å². The van der Waals surface area contributed by atoms with Crippen molar-refractivity contribution in [2.75, 3.05) is 19.7 Å². The monoisotopic (exact) mass is 347 g/mol. The predicted octanol–water partition coefficient (Wildman–Crippen LogP) is 1.64. The SMILES string of the molecule is Cc1c(C(=O)N2CCO[C@@H](CC(=O)O)C2)cnn1-c1ccc(F)cc1. The first kappa shape index (κ1) is 17.1. The molecule has 0 saturated carbocycles. The molecule has 8 heteroatoms. The number of aliphatic carboxylic acids is 1. The summed E-state index contributed by atoms with van der Waals surface area (Å²) in [7, 11) is 0. The number of aromatic nitrogens is 2. The summed E-state index contributed by atoms with van der Waals surface area (Å²) in [5.74, 6) is -1.52. The molecule has 1 aromatic carbocycles. The van der Waals surface area contributed by atoms with Crippen molar-refractivity contribution >= 4 is 11.9 Å². The molecule has 2 aromatic rings. The molecule has 0 spiro atoms. The third-order valence-electron chi connectivity index (χ3n) is 4.14. The van der Waals surface area contributed by atoms with Crippen molar-refractivity contribution in [1.82, 2.24) is 14.7 Å². The molecule has 1 amide bonds. The van der Waals surface area contributed by atoms with Gasteiger partial charge in [-0.25, -0.2) is 9.07 Å². The summed E-state index contributed by atoms with van der Waals surface area (Å²) in [6.45, 7) is 2.69. The maximum atomic E-state index is 13.1. The number of carbonyl (C=O) groups is 2. The Hall–Kier alpha value is -2.74. The van der Waals surface area contributed by atoms with Crippen LogP contribution in [0.4, 0.5) is 4.39 Å². The lowest BCUT2D eigenvalue weighted by molar-refractivity contribution is -0.141. The number of nitrogens with zero attached hydrogens (tertiary/aromatic N) is 3.